The van der Waals surface area contributed by atoms with Gasteiger partial charge in [0.15, 0.2) is 0 Å². The average Bonchev–Trinajstić information content (AvgIpc) is 2.77. The van der Waals surface area contributed by atoms with Crippen LogP contribution in [0.4, 0.5) is 0 Å². The number of thioether (sulfide) groups is 1. The Morgan fingerprint density at radius 3 is 2.56 bits per heavy atom. The molecule has 1 N–H and O–H groups in total. The molecule has 0 radical (unpaired) electrons. The van der Waals surface area contributed by atoms with Crippen LogP contribution in [0.15, 0.2) is 0 Å². The lowest BCUT2D eigenvalue weighted by molar-refractivity contribution is 0.146. The maximum absolute atomic E-state index is 5.27. The molecular weight excluding hydrogens is 218 g/mol. The van der Waals surface area contributed by atoms with Crippen LogP contribution in [0.1, 0.15) is 44.9 Å². The summed E-state index contributed by atoms with van der Waals surface area (Å²) in [6.45, 7) is 0.911. The van der Waals surface area contributed by atoms with Crippen LogP contribution in [0.5, 0.6) is 0 Å². The quantitative estimate of drug-likeness (QED) is 0.802. The van der Waals surface area contributed by atoms with Gasteiger partial charge in [-0.15, -0.1) is 0 Å². The van der Waals surface area contributed by atoms with Gasteiger partial charge in [0.2, 0.25) is 0 Å². The van der Waals surface area contributed by atoms with Crippen molar-refractivity contribution in [2.24, 2.45) is 0 Å². The van der Waals surface area contributed by atoms with E-state index in [1.165, 1.54) is 56.5 Å². The Bertz CT molecular complexity index is 198. The first-order chi connectivity index (χ1) is 7.85. The Balaban J connectivity index is 1.85. The van der Waals surface area contributed by atoms with E-state index in [1.54, 1.807) is 0 Å². The summed E-state index contributed by atoms with van der Waals surface area (Å²) < 4.78 is 5.27. The minimum atomic E-state index is 0.419. The highest BCUT2D eigenvalue weighted by atomic mass is 32.2. The van der Waals surface area contributed by atoms with Gasteiger partial charge in [-0.3, -0.25) is 0 Å². The summed E-state index contributed by atoms with van der Waals surface area (Å²) in [6, 6.07) is 0.774. The molecular formula is C13H25NOS. The monoisotopic (exact) mass is 243 g/mol. The zero-order valence-electron chi connectivity index (χ0n) is 10.5. The van der Waals surface area contributed by atoms with Crippen molar-refractivity contribution >= 4 is 11.8 Å². The van der Waals surface area contributed by atoms with Crippen LogP contribution >= 0.6 is 11.8 Å². The lowest BCUT2D eigenvalue weighted by atomic mass is 9.91. The smallest absolute Gasteiger partial charge is 0.0479 e. The molecule has 3 heteroatoms. The molecule has 0 aromatic rings. The third kappa shape index (κ3) is 3.38. The summed E-state index contributed by atoms with van der Waals surface area (Å²) in [5, 5.41) is 3.97. The van der Waals surface area contributed by atoms with Crippen LogP contribution in [0, 0.1) is 0 Å². The van der Waals surface area contributed by atoms with Gasteiger partial charge in [0.1, 0.15) is 0 Å². The molecule has 2 nitrogen and oxygen atoms in total. The van der Waals surface area contributed by atoms with Gasteiger partial charge in [-0.2, -0.15) is 11.8 Å². The molecule has 0 unspecified atom stereocenters. The van der Waals surface area contributed by atoms with E-state index in [0.29, 0.717) is 5.54 Å². The van der Waals surface area contributed by atoms with Crippen molar-refractivity contribution < 1.29 is 4.74 Å². The molecule has 0 amide bonds. The SMILES string of the molecule is COCCC1(NC2CCSCC2)CCCC1. The van der Waals surface area contributed by atoms with Crippen molar-refractivity contribution in [1.82, 2.24) is 5.32 Å². The number of rotatable bonds is 5. The predicted molar refractivity (Wildman–Crippen MR) is 71.2 cm³/mol. The minimum absolute atomic E-state index is 0.419. The largest absolute Gasteiger partial charge is 0.385 e. The normalized spacial score (nSPS) is 26.1. The van der Waals surface area contributed by atoms with Crippen molar-refractivity contribution in [3.05, 3.63) is 0 Å². The number of hydrogen-bond donors (Lipinski definition) is 1. The number of ether oxygens (including phenoxy) is 1. The van der Waals surface area contributed by atoms with Gasteiger partial charge in [-0.25, -0.2) is 0 Å². The third-order valence-electron chi connectivity index (χ3n) is 4.08. The second kappa shape index (κ2) is 6.27. The Labute approximate surface area is 104 Å². The van der Waals surface area contributed by atoms with Crippen LogP contribution in [0.25, 0.3) is 0 Å². The number of hydrogen-bond acceptors (Lipinski definition) is 3. The van der Waals surface area contributed by atoms with Gasteiger partial charge < -0.3 is 10.1 Å². The lowest BCUT2D eigenvalue weighted by Crippen LogP contribution is -2.50. The minimum Gasteiger partial charge on any atom is -0.385 e. The number of methoxy groups -OCH3 is 1. The average molecular weight is 243 g/mol. The zero-order chi connectivity index (χ0) is 11.3. The molecule has 0 aromatic heterocycles. The van der Waals surface area contributed by atoms with Crippen molar-refractivity contribution in [3.63, 3.8) is 0 Å². The summed E-state index contributed by atoms with van der Waals surface area (Å²) >= 11 is 2.11. The molecule has 2 fully saturated rings. The van der Waals surface area contributed by atoms with Gasteiger partial charge in [-0.1, -0.05) is 12.8 Å². The van der Waals surface area contributed by atoms with Gasteiger partial charge in [0, 0.05) is 25.3 Å². The second-order valence-corrected chi connectivity index (χ2v) is 6.49. The summed E-state index contributed by atoms with van der Waals surface area (Å²) in [4.78, 5) is 0. The van der Waals surface area contributed by atoms with E-state index in [-0.39, 0.29) is 0 Å². The molecule has 1 saturated heterocycles. The van der Waals surface area contributed by atoms with Crippen LogP contribution < -0.4 is 5.32 Å². The fraction of sp³-hybridized carbons (Fsp3) is 1.00. The summed E-state index contributed by atoms with van der Waals surface area (Å²) in [6.07, 6.45) is 9.45. The summed E-state index contributed by atoms with van der Waals surface area (Å²) in [5.74, 6) is 2.69. The molecule has 94 valence electrons. The van der Waals surface area contributed by atoms with E-state index in [4.69, 9.17) is 4.74 Å². The molecule has 1 heterocycles. The van der Waals surface area contributed by atoms with E-state index < -0.39 is 0 Å². The van der Waals surface area contributed by atoms with E-state index >= 15 is 0 Å². The van der Waals surface area contributed by atoms with Crippen molar-refractivity contribution in [2.75, 3.05) is 25.2 Å². The highest BCUT2D eigenvalue weighted by Crippen LogP contribution is 2.34. The predicted octanol–water partition coefficient (Wildman–Crippen LogP) is 2.82. The van der Waals surface area contributed by atoms with Crippen LogP contribution in [-0.2, 0) is 4.74 Å². The topological polar surface area (TPSA) is 21.3 Å². The Morgan fingerprint density at radius 1 is 1.25 bits per heavy atom. The van der Waals surface area contributed by atoms with Crippen molar-refractivity contribution in [2.45, 2.75) is 56.5 Å². The second-order valence-electron chi connectivity index (χ2n) is 5.26. The fourth-order valence-electron chi connectivity index (χ4n) is 3.09. The van der Waals surface area contributed by atoms with Gasteiger partial charge in [0.25, 0.3) is 0 Å². The van der Waals surface area contributed by atoms with E-state index in [0.717, 1.165) is 12.6 Å². The third-order valence-corrected chi connectivity index (χ3v) is 5.13. The maximum Gasteiger partial charge on any atom is 0.0479 e. The van der Waals surface area contributed by atoms with E-state index in [9.17, 15) is 0 Å². The van der Waals surface area contributed by atoms with Crippen molar-refractivity contribution in [1.29, 1.82) is 0 Å². The number of nitrogens with one attached hydrogen (secondary N) is 1. The Morgan fingerprint density at radius 2 is 1.94 bits per heavy atom. The molecule has 0 aromatic carbocycles. The van der Waals surface area contributed by atoms with Crippen LogP contribution in [0.3, 0.4) is 0 Å². The highest BCUT2D eigenvalue weighted by molar-refractivity contribution is 7.99. The Kier molecular flexibility index (Phi) is 4.98. The first kappa shape index (κ1) is 12.7. The summed E-state index contributed by atoms with van der Waals surface area (Å²) in [7, 11) is 1.82. The Hall–Kier alpha value is 0.270. The molecule has 0 spiro atoms. The van der Waals surface area contributed by atoms with Gasteiger partial charge in [-0.05, 0) is 43.6 Å². The van der Waals surface area contributed by atoms with E-state index in [2.05, 4.69) is 17.1 Å². The summed E-state index contributed by atoms with van der Waals surface area (Å²) in [5.41, 5.74) is 0.419. The molecule has 1 aliphatic heterocycles. The lowest BCUT2D eigenvalue weighted by Gasteiger charge is -2.36. The van der Waals surface area contributed by atoms with Gasteiger partial charge in [0.05, 0.1) is 0 Å². The molecule has 2 rings (SSSR count). The molecule has 16 heavy (non-hydrogen) atoms. The zero-order valence-corrected chi connectivity index (χ0v) is 11.3. The standard InChI is InChI=1S/C13H25NOS/c1-15-9-8-13(6-2-3-7-13)14-12-4-10-16-11-5-12/h12,14H,2-11H2,1H3. The highest BCUT2D eigenvalue weighted by Gasteiger charge is 2.35. The maximum atomic E-state index is 5.27. The van der Waals surface area contributed by atoms with E-state index in [1.807, 2.05) is 7.11 Å². The molecule has 0 atom stereocenters. The molecule has 0 bridgehead atoms. The van der Waals surface area contributed by atoms with Crippen molar-refractivity contribution in [3.8, 4) is 0 Å². The fourth-order valence-corrected chi connectivity index (χ4v) is 4.20. The molecule has 1 aliphatic carbocycles. The first-order valence-electron chi connectivity index (χ1n) is 6.69. The molecule has 1 saturated carbocycles. The first-order valence-corrected chi connectivity index (χ1v) is 7.84. The van der Waals surface area contributed by atoms with Gasteiger partial charge >= 0.3 is 0 Å². The molecule has 2 aliphatic rings. The van der Waals surface area contributed by atoms with Crippen LogP contribution in [-0.4, -0.2) is 36.8 Å². The van der Waals surface area contributed by atoms with Crippen LogP contribution in [0.2, 0.25) is 0 Å².